The zero-order valence-corrected chi connectivity index (χ0v) is 15.3. The van der Waals surface area contributed by atoms with E-state index in [2.05, 4.69) is 17.2 Å². The highest BCUT2D eigenvalue weighted by atomic mass is 32.1. The van der Waals surface area contributed by atoms with Gasteiger partial charge in [0.25, 0.3) is 0 Å². The van der Waals surface area contributed by atoms with E-state index in [-0.39, 0.29) is 12.6 Å². The molecule has 0 spiro atoms. The van der Waals surface area contributed by atoms with Gasteiger partial charge in [-0.05, 0) is 44.5 Å². The molecule has 5 heteroatoms. The van der Waals surface area contributed by atoms with Crippen LogP contribution in [-0.2, 0) is 11.3 Å². The summed E-state index contributed by atoms with van der Waals surface area (Å²) in [5.74, 6) is -0.321. The van der Waals surface area contributed by atoms with Crippen LogP contribution in [-0.4, -0.2) is 11.0 Å². The number of esters is 1. The minimum Gasteiger partial charge on any atom is -0.456 e. The summed E-state index contributed by atoms with van der Waals surface area (Å²) in [5, 5.41) is 5.93. The molecule has 0 saturated carbocycles. The number of hydrogen-bond acceptors (Lipinski definition) is 5. The first-order valence-electron chi connectivity index (χ1n) is 8.04. The fourth-order valence-corrected chi connectivity index (χ4v) is 3.17. The lowest BCUT2D eigenvalue weighted by atomic mass is 10.1. The van der Waals surface area contributed by atoms with E-state index < -0.39 is 0 Å². The Bertz CT molecular complexity index is 885. The van der Waals surface area contributed by atoms with Gasteiger partial charge in [0.05, 0.1) is 11.3 Å². The van der Waals surface area contributed by atoms with Crippen LogP contribution in [0.4, 0.5) is 10.8 Å². The highest BCUT2D eigenvalue weighted by Gasteiger charge is 2.12. The molecule has 0 aliphatic heterocycles. The summed E-state index contributed by atoms with van der Waals surface area (Å²) in [4.78, 5) is 16.7. The monoisotopic (exact) mass is 352 g/mol. The van der Waals surface area contributed by atoms with Crippen LogP contribution in [0.25, 0.3) is 0 Å². The van der Waals surface area contributed by atoms with Gasteiger partial charge >= 0.3 is 5.97 Å². The molecule has 0 bridgehead atoms. The molecule has 0 amide bonds. The van der Waals surface area contributed by atoms with E-state index in [0.29, 0.717) is 5.56 Å². The van der Waals surface area contributed by atoms with Crippen LogP contribution < -0.4 is 5.32 Å². The zero-order chi connectivity index (χ0) is 17.8. The summed E-state index contributed by atoms with van der Waals surface area (Å²) in [5.41, 5.74) is 5.57. The molecule has 0 aliphatic rings. The maximum absolute atomic E-state index is 12.2. The summed E-state index contributed by atoms with van der Waals surface area (Å²) < 4.78 is 5.39. The Hall–Kier alpha value is -2.66. The summed E-state index contributed by atoms with van der Waals surface area (Å²) >= 11 is 1.49. The summed E-state index contributed by atoms with van der Waals surface area (Å²) in [7, 11) is 0. The fraction of sp³-hybridized carbons (Fsp3) is 0.200. The van der Waals surface area contributed by atoms with Gasteiger partial charge < -0.3 is 10.1 Å². The Morgan fingerprint density at radius 2 is 1.80 bits per heavy atom. The van der Waals surface area contributed by atoms with Crippen LogP contribution >= 0.6 is 11.3 Å². The number of nitrogens with zero attached hydrogens (tertiary/aromatic N) is 1. The molecular formula is C20H20N2O2S. The van der Waals surface area contributed by atoms with E-state index in [0.717, 1.165) is 27.6 Å². The number of ether oxygens (including phenoxy) is 1. The predicted molar refractivity (Wildman–Crippen MR) is 102 cm³/mol. The third-order valence-corrected chi connectivity index (χ3v) is 4.61. The van der Waals surface area contributed by atoms with Gasteiger partial charge in [0.2, 0.25) is 0 Å². The van der Waals surface area contributed by atoms with Crippen LogP contribution in [0.3, 0.4) is 0 Å². The lowest BCUT2D eigenvalue weighted by molar-refractivity contribution is 0.0467. The normalized spacial score (nSPS) is 10.5. The average molecular weight is 352 g/mol. The Morgan fingerprint density at radius 1 is 1.08 bits per heavy atom. The van der Waals surface area contributed by atoms with Gasteiger partial charge in [-0.25, -0.2) is 9.78 Å². The van der Waals surface area contributed by atoms with Crippen molar-refractivity contribution in [2.24, 2.45) is 0 Å². The molecule has 0 unspecified atom stereocenters. The highest BCUT2D eigenvalue weighted by Crippen LogP contribution is 2.22. The zero-order valence-electron chi connectivity index (χ0n) is 14.5. The number of aromatic nitrogens is 1. The van der Waals surface area contributed by atoms with E-state index in [4.69, 9.17) is 4.74 Å². The number of carbonyl (C=O) groups is 1. The third kappa shape index (κ3) is 4.45. The molecule has 1 aromatic heterocycles. The van der Waals surface area contributed by atoms with Crippen molar-refractivity contribution in [2.75, 3.05) is 5.32 Å². The van der Waals surface area contributed by atoms with Gasteiger partial charge in [-0.15, -0.1) is 11.3 Å². The first-order chi connectivity index (χ1) is 12.0. The Balaban J connectivity index is 1.59. The maximum atomic E-state index is 12.2. The van der Waals surface area contributed by atoms with Crippen molar-refractivity contribution in [3.05, 3.63) is 75.8 Å². The van der Waals surface area contributed by atoms with E-state index in [1.807, 2.05) is 55.6 Å². The minimum atomic E-state index is -0.321. The van der Waals surface area contributed by atoms with Gasteiger partial charge in [0.15, 0.2) is 5.13 Å². The number of hydrogen-bond donors (Lipinski definition) is 1. The van der Waals surface area contributed by atoms with Gasteiger partial charge in [0.1, 0.15) is 6.61 Å². The van der Waals surface area contributed by atoms with Gasteiger partial charge in [-0.1, -0.05) is 35.4 Å². The first-order valence-corrected chi connectivity index (χ1v) is 8.92. The summed E-state index contributed by atoms with van der Waals surface area (Å²) in [6, 6.07) is 13.8. The van der Waals surface area contributed by atoms with Gasteiger partial charge in [-0.2, -0.15) is 0 Å². The van der Waals surface area contributed by atoms with Crippen LogP contribution in [0.2, 0.25) is 0 Å². The molecule has 0 radical (unpaired) electrons. The molecule has 1 heterocycles. The van der Waals surface area contributed by atoms with E-state index in [1.165, 1.54) is 16.9 Å². The number of thiazole rings is 1. The fourth-order valence-electron chi connectivity index (χ4n) is 2.45. The Labute approximate surface area is 151 Å². The maximum Gasteiger partial charge on any atom is 0.338 e. The molecule has 25 heavy (non-hydrogen) atoms. The van der Waals surface area contributed by atoms with E-state index >= 15 is 0 Å². The Kier molecular flexibility index (Phi) is 5.14. The van der Waals surface area contributed by atoms with Crippen LogP contribution in [0, 0.1) is 20.8 Å². The number of rotatable bonds is 5. The predicted octanol–water partition coefficient (Wildman–Crippen LogP) is 5.17. The molecule has 4 nitrogen and oxygen atoms in total. The molecule has 0 saturated heterocycles. The molecule has 0 aliphatic carbocycles. The van der Waals surface area contributed by atoms with Crippen LogP contribution in [0.1, 0.15) is 32.7 Å². The second kappa shape index (κ2) is 7.49. The SMILES string of the molecule is Cc1ccc(Nc2nc(COC(=O)c3ccc(C)cc3C)cs2)cc1. The smallest absolute Gasteiger partial charge is 0.338 e. The number of aryl methyl sites for hydroxylation is 3. The van der Waals surface area contributed by atoms with Crippen LogP contribution in [0.5, 0.6) is 0 Å². The standard InChI is InChI=1S/C20H20N2O2S/c1-13-4-7-16(8-5-13)21-20-22-17(12-25-20)11-24-19(23)18-9-6-14(2)10-15(18)3/h4-10,12H,11H2,1-3H3,(H,21,22). The van der Waals surface area contributed by atoms with Crippen molar-refractivity contribution in [1.29, 1.82) is 0 Å². The number of carbonyl (C=O) groups excluding carboxylic acids is 1. The van der Waals surface area contributed by atoms with Gasteiger partial charge in [0, 0.05) is 11.1 Å². The summed E-state index contributed by atoms with van der Waals surface area (Å²) in [6.45, 7) is 6.13. The van der Waals surface area contributed by atoms with Crippen molar-refractivity contribution in [3.8, 4) is 0 Å². The quantitative estimate of drug-likeness (QED) is 0.644. The summed E-state index contributed by atoms with van der Waals surface area (Å²) in [6.07, 6.45) is 0. The molecule has 3 rings (SSSR count). The van der Waals surface area contributed by atoms with Crippen molar-refractivity contribution in [2.45, 2.75) is 27.4 Å². The largest absolute Gasteiger partial charge is 0.456 e. The highest BCUT2D eigenvalue weighted by molar-refractivity contribution is 7.13. The van der Waals surface area contributed by atoms with Crippen molar-refractivity contribution >= 4 is 28.1 Å². The number of benzene rings is 2. The Morgan fingerprint density at radius 3 is 2.52 bits per heavy atom. The molecule has 0 atom stereocenters. The molecule has 2 aromatic carbocycles. The van der Waals surface area contributed by atoms with E-state index in [9.17, 15) is 4.79 Å². The number of anilines is 2. The lowest BCUT2D eigenvalue weighted by Crippen LogP contribution is -2.07. The molecule has 0 fully saturated rings. The second-order valence-electron chi connectivity index (χ2n) is 6.03. The number of nitrogens with one attached hydrogen (secondary N) is 1. The minimum absolute atomic E-state index is 0.165. The van der Waals surface area contributed by atoms with Crippen LogP contribution in [0.15, 0.2) is 47.8 Å². The van der Waals surface area contributed by atoms with Crippen molar-refractivity contribution in [3.63, 3.8) is 0 Å². The topological polar surface area (TPSA) is 51.2 Å². The van der Waals surface area contributed by atoms with Crippen molar-refractivity contribution in [1.82, 2.24) is 4.98 Å². The second-order valence-corrected chi connectivity index (χ2v) is 6.89. The average Bonchev–Trinajstić information content (AvgIpc) is 3.02. The molecular weight excluding hydrogens is 332 g/mol. The first kappa shape index (κ1) is 17.2. The molecule has 1 N–H and O–H groups in total. The van der Waals surface area contributed by atoms with E-state index in [1.54, 1.807) is 6.07 Å². The molecule has 3 aromatic rings. The van der Waals surface area contributed by atoms with Gasteiger partial charge in [-0.3, -0.25) is 0 Å². The third-order valence-electron chi connectivity index (χ3n) is 3.81. The van der Waals surface area contributed by atoms with Crippen molar-refractivity contribution < 1.29 is 9.53 Å². The lowest BCUT2D eigenvalue weighted by Gasteiger charge is -2.06. The molecule has 128 valence electrons.